The van der Waals surface area contributed by atoms with Gasteiger partial charge in [-0.2, -0.15) is 0 Å². The first kappa shape index (κ1) is 23.8. The molecule has 2 aromatic rings. The molecule has 0 bridgehead atoms. The Balaban J connectivity index is 2.08. The highest BCUT2D eigenvalue weighted by Gasteiger charge is 2.30. The Kier molecular flexibility index (Phi) is 8.79. The van der Waals surface area contributed by atoms with Crippen LogP contribution in [0.4, 0.5) is 0 Å². The van der Waals surface area contributed by atoms with Gasteiger partial charge in [-0.3, -0.25) is 4.79 Å². The van der Waals surface area contributed by atoms with Gasteiger partial charge in [0, 0.05) is 0 Å². The van der Waals surface area contributed by atoms with Gasteiger partial charge >= 0.3 is 7.60 Å². The summed E-state index contributed by atoms with van der Waals surface area (Å²) in [6.07, 6.45) is -0.329. The maximum atomic E-state index is 13.2. The van der Waals surface area contributed by atoms with Gasteiger partial charge in [-0.15, -0.1) is 0 Å². The second kappa shape index (κ2) is 11.1. The van der Waals surface area contributed by atoms with E-state index in [1.54, 1.807) is 48.5 Å². The molecule has 0 aliphatic rings. The smallest absolute Gasteiger partial charge is 0.438 e. The number of carbonyl (C=O) groups is 1. The fraction of sp³-hybridized carbons (Fsp3) is 0.435. The third-order valence-electron chi connectivity index (χ3n) is 3.72. The van der Waals surface area contributed by atoms with Crippen molar-refractivity contribution in [3.8, 4) is 23.0 Å². The third kappa shape index (κ3) is 8.50. The normalized spacial score (nSPS) is 11.4. The van der Waals surface area contributed by atoms with Crippen LogP contribution in [0.2, 0.25) is 0 Å². The highest BCUT2D eigenvalue weighted by Crippen LogP contribution is 2.48. The van der Waals surface area contributed by atoms with E-state index >= 15 is 0 Å². The fourth-order valence-electron chi connectivity index (χ4n) is 2.40. The average Bonchev–Trinajstić information content (AvgIpc) is 2.66. The molecule has 0 amide bonds. The van der Waals surface area contributed by atoms with Gasteiger partial charge < -0.3 is 18.5 Å². The molecule has 0 radical (unpaired) electrons. The Morgan fingerprint density at radius 2 is 1.07 bits per heavy atom. The Morgan fingerprint density at radius 3 is 1.37 bits per heavy atom. The molecule has 0 saturated carbocycles. The summed E-state index contributed by atoms with van der Waals surface area (Å²) in [6, 6.07) is 13.5. The summed E-state index contributed by atoms with van der Waals surface area (Å²) in [7, 11) is -3.74. The van der Waals surface area contributed by atoms with Crippen LogP contribution in [0.3, 0.4) is 0 Å². The van der Waals surface area contributed by atoms with E-state index in [2.05, 4.69) is 27.7 Å². The molecule has 0 N–H and O–H groups in total. The average molecular weight is 434 g/mol. The molecule has 0 aliphatic heterocycles. The number of carbonyl (C=O) groups excluding carboxylic acids is 1. The van der Waals surface area contributed by atoms with Gasteiger partial charge in [0.25, 0.3) is 0 Å². The van der Waals surface area contributed by atoms with E-state index in [1.807, 2.05) is 0 Å². The molecule has 0 aromatic heterocycles. The molecule has 0 fully saturated rings. The highest BCUT2D eigenvalue weighted by molar-refractivity contribution is 7.55. The first-order chi connectivity index (χ1) is 14.1. The molecule has 2 rings (SSSR count). The van der Waals surface area contributed by atoms with E-state index < -0.39 is 7.60 Å². The van der Waals surface area contributed by atoms with Crippen molar-refractivity contribution >= 4 is 13.4 Å². The van der Waals surface area contributed by atoms with E-state index in [9.17, 15) is 9.36 Å². The van der Waals surface area contributed by atoms with E-state index in [1.165, 1.54) is 6.92 Å². The number of benzene rings is 2. The number of hydrogen-bond acceptors (Lipinski definition) is 6. The van der Waals surface area contributed by atoms with Gasteiger partial charge in [0.1, 0.15) is 34.9 Å². The van der Waals surface area contributed by atoms with Crippen molar-refractivity contribution in [1.82, 2.24) is 0 Å². The Morgan fingerprint density at radius 1 is 0.733 bits per heavy atom. The maximum Gasteiger partial charge on any atom is 0.438 e. The summed E-state index contributed by atoms with van der Waals surface area (Å²) < 4.78 is 35.8. The lowest BCUT2D eigenvalue weighted by molar-refractivity contribution is -0.114. The molecule has 7 heteroatoms. The number of ketones is 1. The predicted molar refractivity (Wildman–Crippen MR) is 118 cm³/mol. The van der Waals surface area contributed by atoms with Crippen LogP contribution in [0, 0.1) is 11.8 Å². The summed E-state index contributed by atoms with van der Waals surface area (Å²) in [5, 5.41) is 0. The molecule has 0 heterocycles. The minimum Gasteiger partial charge on any atom is -0.493 e. The first-order valence-corrected chi connectivity index (χ1v) is 11.8. The Hall–Kier alpha value is -2.46. The van der Waals surface area contributed by atoms with Gasteiger partial charge in [0.05, 0.1) is 13.2 Å². The third-order valence-corrected chi connectivity index (χ3v) is 5.53. The molecular weight excluding hydrogens is 403 g/mol. The van der Waals surface area contributed by atoms with Crippen LogP contribution < -0.4 is 18.5 Å². The van der Waals surface area contributed by atoms with Crippen LogP contribution in [-0.2, 0) is 9.36 Å². The van der Waals surface area contributed by atoms with E-state index in [4.69, 9.17) is 18.5 Å². The van der Waals surface area contributed by atoms with Crippen LogP contribution in [-0.4, -0.2) is 25.2 Å². The molecule has 164 valence electrons. The summed E-state index contributed by atoms with van der Waals surface area (Å²) >= 11 is 0. The SMILES string of the molecule is CC(=O)CP(=O)(Oc1ccc(OCC(C)C)cc1)Oc1ccc(OCC(C)C)cc1. The number of Topliss-reactive ketones (excluding diaryl/α,β-unsaturated/α-hetero) is 1. The van der Waals surface area contributed by atoms with Crippen LogP contribution in [0.5, 0.6) is 23.0 Å². The van der Waals surface area contributed by atoms with Gasteiger partial charge in [-0.1, -0.05) is 27.7 Å². The number of rotatable bonds is 12. The van der Waals surface area contributed by atoms with Crippen molar-refractivity contribution in [2.45, 2.75) is 34.6 Å². The lowest BCUT2D eigenvalue weighted by Crippen LogP contribution is -2.10. The summed E-state index contributed by atoms with van der Waals surface area (Å²) in [6.45, 7) is 10.8. The second-order valence-electron chi connectivity index (χ2n) is 8.01. The lowest BCUT2D eigenvalue weighted by Gasteiger charge is -2.19. The topological polar surface area (TPSA) is 71.1 Å². The van der Waals surface area contributed by atoms with Crippen LogP contribution in [0.1, 0.15) is 34.6 Å². The zero-order valence-electron chi connectivity index (χ0n) is 18.3. The van der Waals surface area contributed by atoms with Gasteiger partial charge in [-0.25, -0.2) is 4.57 Å². The quantitative estimate of drug-likeness (QED) is 0.382. The zero-order chi connectivity index (χ0) is 22.1. The van der Waals surface area contributed by atoms with Crippen molar-refractivity contribution in [3.63, 3.8) is 0 Å². The van der Waals surface area contributed by atoms with Gasteiger partial charge in [0.2, 0.25) is 0 Å². The molecule has 30 heavy (non-hydrogen) atoms. The number of ether oxygens (including phenoxy) is 2. The Bertz CT molecular complexity index is 782. The zero-order valence-corrected chi connectivity index (χ0v) is 19.2. The molecule has 0 aliphatic carbocycles. The van der Waals surface area contributed by atoms with Crippen molar-refractivity contribution in [2.75, 3.05) is 19.4 Å². The lowest BCUT2D eigenvalue weighted by atomic mass is 10.2. The van der Waals surface area contributed by atoms with Crippen molar-refractivity contribution in [2.24, 2.45) is 11.8 Å². The first-order valence-electron chi connectivity index (χ1n) is 10.1. The fourth-order valence-corrected chi connectivity index (χ4v) is 3.99. The van der Waals surface area contributed by atoms with Gasteiger partial charge in [0.15, 0.2) is 0 Å². The van der Waals surface area contributed by atoms with Crippen molar-refractivity contribution in [1.29, 1.82) is 0 Å². The molecule has 6 nitrogen and oxygen atoms in total. The van der Waals surface area contributed by atoms with Crippen molar-refractivity contribution in [3.05, 3.63) is 48.5 Å². The van der Waals surface area contributed by atoms with E-state index in [0.717, 1.165) is 0 Å². The molecule has 0 spiro atoms. The van der Waals surface area contributed by atoms with Crippen LogP contribution in [0.15, 0.2) is 48.5 Å². The highest BCUT2D eigenvalue weighted by atomic mass is 31.2. The molecule has 0 saturated heterocycles. The van der Waals surface area contributed by atoms with E-state index in [0.29, 0.717) is 48.0 Å². The Labute approximate surface area is 179 Å². The summed E-state index contributed by atoms with van der Waals surface area (Å²) in [5.74, 6) is 2.60. The molecule has 0 atom stereocenters. The summed E-state index contributed by atoms with van der Waals surface area (Å²) in [5.41, 5.74) is 0. The second-order valence-corrected chi connectivity index (χ2v) is 9.91. The minimum absolute atomic E-state index is 0.285. The predicted octanol–water partition coefficient (Wildman–Crippen LogP) is 6.00. The largest absolute Gasteiger partial charge is 0.493 e. The van der Waals surface area contributed by atoms with E-state index in [-0.39, 0.29) is 11.9 Å². The van der Waals surface area contributed by atoms with Gasteiger partial charge in [-0.05, 0) is 67.3 Å². The minimum atomic E-state index is -3.74. The molecule has 2 aromatic carbocycles. The maximum absolute atomic E-state index is 13.2. The standard InChI is InChI=1S/C23H31O6P/c1-17(2)14-26-20-6-10-22(11-7-20)28-30(25,16-19(5)24)29-23-12-8-21(9-13-23)27-15-18(3)4/h6-13,17-18H,14-16H2,1-5H3. The van der Waals surface area contributed by atoms with Crippen LogP contribution in [0.25, 0.3) is 0 Å². The summed E-state index contributed by atoms with van der Waals surface area (Å²) in [4.78, 5) is 11.7. The van der Waals surface area contributed by atoms with Crippen LogP contribution >= 0.6 is 7.60 Å². The monoisotopic (exact) mass is 434 g/mol. The van der Waals surface area contributed by atoms with Crippen molar-refractivity contribution < 1.29 is 27.9 Å². The number of hydrogen-bond donors (Lipinski definition) is 0. The molecular formula is C23H31O6P. The molecule has 0 unspecified atom stereocenters.